The molecular formula is C42H59NO3. The molecule has 8 fully saturated rings. The molecule has 1 aromatic carbocycles. The number of aliphatic hydroxyl groups is 1. The van der Waals surface area contributed by atoms with Gasteiger partial charge in [0.15, 0.2) is 0 Å². The average molecular weight is 626 g/mol. The molecule has 1 aromatic rings. The smallest absolute Gasteiger partial charge is 0.115 e. The Bertz CT molecular complexity index is 1410. The van der Waals surface area contributed by atoms with Crippen molar-refractivity contribution in [3.8, 4) is 17.6 Å². The lowest BCUT2D eigenvalue weighted by Gasteiger charge is -2.75. The first-order valence-corrected chi connectivity index (χ1v) is 19.6. The summed E-state index contributed by atoms with van der Waals surface area (Å²) in [6.45, 7) is 2.69. The zero-order valence-electron chi connectivity index (χ0n) is 28.5. The van der Waals surface area contributed by atoms with Gasteiger partial charge in [0, 0.05) is 30.4 Å². The van der Waals surface area contributed by atoms with Crippen LogP contribution in [0.25, 0.3) is 0 Å². The minimum absolute atomic E-state index is 0.0585. The van der Waals surface area contributed by atoms with Crippen LogP contribution in [0.3, 0.4) is 0 Å². The second-order valence-corrected chi connectivity index (χ2v) is 18.6. The summed E-state index contributed by atoms with van der Waals surface area (Å²) in [5.41, 5.74) is 10.5. The Balaban J connectivity index is 1.21. The van der Waals surface area contributed by atoms with Gasteiger partial charge < -0.3 is 20.7 Å². The summed E-state index contributed by atoms with van der Waals surface area (Å²) in [6, 6.07) is 6.04. The number of rotatable bonds is 2. The summed E-state index contributed by atoms with van der Waals surface area (Å²) >= 11 is 0. The van der Waals surface area contributed by atoms with Crippen LogP contribution in [0.15, 0.2) is 18.2 Å². The molecular weight excluding hydrogens is 566 g/mol. The number of benzene rings is 1. The summed E-state index contributed by atoms with van der Waals surface area (Å²) in [5, 5.41) is 21.6. The Morgan fingerprint density at radius 2 is 1.61 bits per heavy atom. The van der Waals surface area contributed by atoms with E-state index in [-0.39, 0.29) is 35.6 Å². The van der Waals surface area contributed by atoms with E-state index < -0.39 is 5.54 Å². The average Bonchev–Trinajstić information content (AvgIpc) is 3.68. The number of phenolic OH excluding ortho intramolecular Hbond substituents is 1. The number of phenols is 1. The van der Waals surface area contributed by atoms with Crippen molar-refractivity contribution >= 4 is 0 Å². The fourth-order valence-electron chi connectivity index (χ4n) is 14.8. The Hall–Kier alpha value is -1.54. The number of aliphatic hydroxyl groups excluding tert-OH is 1. The molecule has 3 spiro atoms. The lowest BCUT2D eigenvalue weighted by atomic mass is 9.38. The molecule has 2 saturated heterocycles. The summed E-state index contributed by atoms with van der Waals surface area (Å²) in [6.07, 6.45) is 25.2. The topological polar surface area (TPSA) is 75.7 Å². The summed E-state index contributed by atoms with van der Waals surface area (Å²) in [5.74, 6) is 10.4. The largest absolute Gasteiger partial charge is 0.508 e. The van der Waals surface area contributed by atoms with Crippen molar-refractivity contribution in [3.63, 3.8) is 0 Å². The predicted molar refractivity (Wildman–Crippen MR) is 182 cm³/mol. The highest BCUT2D eigenvalue weighted by atomic mass is 16.5. The Labute approximate surface area is 278 Å². The number of ether oxygens (including phenoxy) is 1. The van der Waals surface area contributed by atoms with Crippen molar-refractivity contribution in [2.75, 3.05) is 6.61 Å². The lowest BCUT2D eigenvalue weighted by Crippen LogP contribution is -2.84. The molecule has 9 aliphatic rings. The Morgan fingerprint density at radius 3 is 2.39 bits per heavy atom. The molecule has 0 radical (unpaired) electrons. The van der Waals surface area contributed by atoms with E-state index in [1.807, 2.05) is 12.1 Å². The highest BCUT2D eigenvalue weighted by molar-refractivity contribution is 5.40. The number of fused-ring (bicyclic) bond motifs is 4. The monoisotopic (exact) mass is 625 g/mol. The normalized spacial score (nSPS) is 46.6. The van der Waals surface area contributed by atoms with Gasteiger partial charge in [-0.25, -0.2) is 0 Å². The van der Waals surface area contributed by atoms with E-state index in [2.05, 4.69) is 24.8 Å². The molecule has 6 bridgehead atoms. The number of aromatic hydroxyl groups is 1. The van der Waals surface area contributed by atoms with E-state index in [1.165, 1.54) is 114 Å². The zero-order chi connectivity index (χ0) is 31.4. The first kappa shape index (κ1) is 30.5. The van der Waals surface area contributed by atoms with Crippen molar-refractivity contribution in [2.24, 2.45) is 58.0 Å². The first-order valence-electron chi connectivity index (χ1n) is 19.6. The Morgan fingerprint density at radius 1 is 0.870 bits per heavy atom. The van der Waals surface area contributed by atoms with Gasteiger partial charge in [-0.2, -0.15) is 0 Å². The fraction of sp³-hybridized carbons (Fsp3) is 0.810. The van der Waals surface area contributed by atoms with Gasteiger partial charge in [0.05, 0.1) is 17.1 Å². The molecule has 2 heterocycles. The summed E-state index contributed by atoms with van der Waals surface area (Å²) in [7, 11) is 0. The van der Waals surface area contributed by atoms with Crippen LogP contribution in [0, 0.1) is 64.1 Å². The van der Waals surface area contributed by atoms with Crippen molar-refractivity contribution in [3.05, 3.63) is 29.3 Å². The first-order chi connectivity index (χ1) is 22.2. The molecule has 10 atom stereocenters. The van der Waals surface area contributed by atoms with Crippen LogP contribution in [-0.4, -0.2) is 33.6 Å². The second kappa shape index (κ2) is 10.7. The van der Waals surface area contributed by atoms with Crippen LogP contribution in [0.4, 0.5) is 0 Å². The maximum atomic E-state index is 11.1. The molecule has 7 aliphatic carbocycles. The van der Waals surface area contributed by atoms with Crippen molar-refractivity contribution in [1.82, 2.24) is 0 Å². The highest BCUT2D eigenvalue weighted by Gasteiger charge is 2.76. The van der Waals surface area contributed by atoms with Crippen LogP contribution >= 0.6 is 0 Å². The van der Waals surface area contributed by atoms with Gasteiger partial charge in [-0.3, -0.25) is 0 Å². The molecule has 4 heteroatoms. The zero-order valence-corrected chi connectivity index (χ0v) is 28.5. The van der Waals surface area contributed by atoms with Crippen LogP contribution in [0.2, 0.25) is 0 Å². The highest BCUT2D eigenvalue weighted by Crippen LogP contribution is 2.72. The van der Waals surface area contributed by atoms with Gasteiger partial charge in [-0.15, -0.1) is 0 Å². The third-order valence-electron chi connectivity index (χ3n) is 16.4. The van der Waals surface area contributed by atoms with Crippen molar-refractivity contribution < 1.29 is 14.9 Å². The third kappa shape index (κ3) is 4.35. The quantitative estimate of drug-likeness (QED) is 0.290. The number of nitrogens with two attached hydrogens (primary N) is 1. The molecule has 4 nitrogen and oxygen atoms in total. The Kier molecular flexibility index (Phi) is 7.12. The molecule has 6 saturated carbocycles. The molecule has 4 N–H and O–H groups in total. The van der Waals surface area contributed by atoms with Crippen LogP contribution in [0.1, 0.15) is 134 Å². The molecule has 46 heavy (non-hydrogen) atoms. The van der Waals surface area contributed by atoms with Gasteiger partial charge in [-0.1, -0.05) is 50.0 Å². The van der Waals surface area contributed by atoms with E-state index in [9.17, 15) is 10.2 Å². The SMILES string of the molecule is C[C@]1([C@@H]2CCCC3(CCCC3)C2)O[C@@]23C[C@@H]4CC[C@@H](CO)[C@](N)([C@@H]2C#CCc2cc(O)ccc2C[C@@H]2C[C@@H]3CC3(CCCC3)C2)[C@@H]41. The van der Waals surface area contributed by atoms with E-state index in [1.54, 1.807) is 0 Å². The molecule has 250 valence electrons. The predicted octanol–water partition coefficient (Wildman–Crippen LogP) is 8.10. The third-order valence-corrected chi connectivity index (χ3v) is 16.4. The second-order valence-electron chi connectivity index (χ2n) is 18.6. The lowest BCUT2D eigenvalue weighted by molar-refractivity contribution is -0.363. The van der Waals surface area contributed by atoms with Crippen molar-refractivity contribution in [1.29, 1.82) is 0 Å². The fourth-order valence-corrected chi connectivity index (χ4v) is 14.8. The summed E-state index contributed by atoms with van der Waals surface area (Å²) in [4.78, 5) is 0. The van der Waals surface area contributed by atoms with E-state index in [0.29, 0.717) is 46.7 Å². The van der Waals surface area contributed by atoms with Gasteiger partial charge in [-0.05, 0) is 155 Å². The van der Waals surface area contributed by atoms with E-state index in [4.69, 9.17) is 10.5 Å². The number of hydrogen-bond acceptors (Lipinski definition) is 4. The molecule has 0 amide bonds. The minimum atomic E-state index is -0.540. The molecule has 2 aliphatic heterocycles. The van der Waals surface area contributed by atoms with Gasteiger partial charge in [0.25, 0.3) is 0 Å². The van der Waals surface area contributed by atoms with E-state index in [0.717, 1.165) is 19.3 Å². The van der Waals surface area contributed by atoms with E-state index >= 15 is 0 Å². The van der Waals surface area contributed by atoms with Crippen LogP contribution in [0.5, 0.6) is 5.75 Å². The molecule has 0 aromatic heterocycles. The maximum absolute atomic E-state index is 11.1. The van der Waals surface area contributed by atoms with Crippen LogP contribution < -0.4 is 5.73 Å². The standard InChI is InChI=1S/C42H59NO3/c1-38(32-9-7-19-39(25-32)15-2-3-16-39)37-31-11-13-33(27-44)42(37,43)36-10-6-8-29-22-35(45)14-12-30(29)20-28-21-34(41(36,24-31)46-38)26-40(23-28)17-4-5-18-40/h12,14,22,28,31-34,36-37,44-45H,2-5,7-9,11,13,15-21,23-27,43H2,1H3/t28-,31+,32-,33+,34-,36-,37+,38-,41-,42+/m1/s1. The maximum Gasteiger partial charge on any atom is 0.115 e. The summed E-state index contributed by atoms with van der Waals surface area (Å²) < 4.78 is 8.15. The van der Waals surface area contributed by atoms with Crippen molar-refractivity contribution in [2.45, 2.75) is 152 Å². The van der Waals surface area contributed by atoms with Gasteiger partial charge in [0.2, 0.25) is 0 Å². The van der Waals surface area contributed by atoms with Crippen LogP contribution in [-0.2, 0) is 17.6 Å². The molecule has 10 rings (SSSR count). The van der Waals surface area contributed by atoms with Gasteiger partial charge >= 0.3 is 0 Å². The van der Waals surface area contributed by atoms with Gasteiger partial charge in [0.1, 0.15) is 5.75 Å². The minimum Gasteiger partial charge on any atom is -0.508 e. The number of hydrogen-bond donors (Lipinski definition) is 3. The molecule has 0 unspecified atom stereocenters.